The highest BCUT2D eigenvalue weighted by atomic mass is 35.5. The van der Waals surface area contributed by atoms with Crippen LogP contribution in [-0.4, -0.2) is 24.1 Å². The van der Waals surface area contributed by atoms with E-state index in [-0.39, 0.29) is 16.1 Å². The molecule has 1 aromatic rings. The van der Waals surface area contributed by atoms with Gasteiger partial charge in [0, 0.05) is 11.8 Å². The minimum absolute atomic E-state index is 0.0214. The molecule has 0 N–H and O–H groups in total. The third-order valence-corrected chi connectivity index (χ3v) is 3.44. The topological polar surface area (TPSA) is 59.9 Å². The third kappa shape index (κ3) is 2.16. The van der Waals surface area contributed by atoms with Crippen molar-refractivity contribution in [2.75, 3.05) is 5.75 Å². The molecule has 0 radical (unpaired) electrons. The Morgan fingerprint density at radius 2 is 2.15 bits per heavy atom. The average molecular weight is 221 g/mol. The summed E-state index contributed by atoms with van der Waals surface area (Å²) in [7, 11) is -3.34. The van der Waals surface area contributed by atoms with Gasteiger partial charge in [0.15, 0.2) is 0 Å². The standard InChI is InChI=1S/C7H9ClN2O2S/c1-3-13(11,12)7-9-4-5(2)6(8)10-7/h4H,3H2,1-2H3. The molecular formula is C7H9ClN2O2S. The van der Waals surface area contributed by atoms with Crippen molar-refractivity contribution in [2.24, 2.45) is 0 Å². The third-order valence-electron chi connectivity index (χ3n) is 1.55. The van der Waals surface area contributed by atoms with Crippen molar-refractivity contribution in [3.63, 3.8) is 0 Å². The fourth-order valence-electron chi connectivity index (χ4n) is 0.685. The first-order chi connectivity index (χ1) is 5.97. The van der Waals surface area contributed by atoms with Crippen LogP contribution in [0.15, 0.2) is 11.4 Å². The number of aryl methyl sites for hydroxylation is 1. The van der Waals surface area contributed by atoms with Crippen molar-refractivity contribution in [1.82, 2.24) is 9.97 Å². The first kappa shape index (κ1) is 10.4. The molecule has 0 aliphatic rings. The maximum Gasteiger partial charge on any atom is 0.248 e. The lowest BCUT2D eigenvalue weighted by atomic mass is 10.4. The molecule has 0 aliphatic carbocycles. The SMILES string of the molecule is CCS(=O)(=O)c1ncc(C)c(Cl)n1. The van der Waals surface area contributed by atoms with Crippen LogP contribution in [0.5, 0.6) is 0 Å². The predicted molar refractivity (Wildman–Crippen MR) is 49.5 cm³/mol. The van der Waals surface area contributed by atoms with Crippen LogP contribution in [0.4, 0.5) is 0 Å². The summed E-state index contributed by atoms with van der Waals surface area (Å²) in [6.45, 7) is 3.25. The molecule has 1 aromatic heterocycles. The molecule has 0 bridgehead atoms. The van der Waals surface area contributed by atoms with Crippen molar-refractivity contribution in [2.45, 2.75) is 19.0 Å². The van der Waals surface area contributed by atoms with E-state index in [1.165, 1.54) is 13.1 Å². The molecule has 13 heavy (non-hydrogen) atoms. The minimum atomic E-state index is -3.34. The summed E-state index contributed by atoms with van der Waals surface area (Å²) < 4.78 is 22.6. The fourth-order valence-corrected chi connectivity index (χ4v) is 1.57. The van der Waals surface area contributed by atoms with Crippen molar-refractivity contribution < 1.29 is 8.42 Å². The lowest BCUT2D eigenvalue weighted by Gasteiger charge is -2.00. The van der Waals surface area contributed by atoms with Gasteiger partial charge in [0.2, 0.25) is 15.0 Å². The molecule has 72 valence electrons. The molecule has 0 unspecified atom stereocenters. The molecule has 1 heterocycles. The second-order valence-corrected chi connectivity index (χ2v) is 5.06. The van der Waals surface area contributed by atoms with Crippen LogP contribution in [0.25, 0.3) is 0 Å². The molecule has 0 fully saturated rings. The molecule has 0 atom stereocenters. The second kappa shape index (κ2) is 3.59. The number of aromatic nitrogens is 2. The van der Waals surface area contributed by atoms with E-state index in [1.807, 2.05) is 0 Å². The van der Waals surface area contributed by atoms with Crippen LogP contribution in [0, 0.1) is 6.92 Å². The zero-order chi connectivity index (χ0) is 10.1. The van der Waals surface area contributed by atoms with E-state index in [2.05, 4.69) is 9.97 Å². The Kier molecular flexibility index (Phi) is 2.87. The number of rotatable bonds is 2. The predicted octanol–water partition coefficient (Wildman–Crippen LogP) is 1.23. The normalized spacial score (nSPS) is 11.6. The van der Waals surface area contributed by atoms with E-state index < -0.39 is 9.84 Å². The summed E-state index contributed by atoms with van der Waals surface area (Å²) in [4.78, 5) is 7.38. The zero-order valence-electron chi connectivity index (χ0n) is 7.28. The van der Waals surface area contributed by atoms with Crippen molar-refractivity contribution in [3.8, 4) is 0 Å². The molecule has 0 saturated heterocycles. The number of sulfone groups is 1. The molecule has 6 heteroatoms. The molecule has 0 aliphatic heterocycles. The Hall–Kier alpha value is -0.680. The van der Waals surface area contributed by atoms with Gasteiger partial charge in [-0.1, -0.05) is 18.5 Å². The summed E-state index contributed by atoms with van der Waals surface area (Å²) >= 11 is 5.66. The van der Waals surface area contributed by atoms with Gasteiger partial charge in [-0.05, 0) is 6.92 Å². The smallest absolute Gasteiger partial charge is 0.226 e. The molecule has 1 rings (SSSR count). The van der Waals surface area contributed by atoms with E-state index in [9.17, 15) is 8.42 Å². The van der Waals surface area contributed by atoms with Crippen LogP contribution in [-0.2, 0) is 9.84 Å². The van der Waals surface area contributed by atoms with Gasteiger partial charge in [0.1, 0.15) is 5.15 Å². The van der Waals surface area contributed by atoms with Crippen LogP contribution in [0.2, 0.25) is 5.15 Å². The first-order valence-electron chi connectivity index (χ1n) is 3.69. The van der Waals surface area contributed by atoms with Gasteiger partial charge in [0.05, 0.1) is 5.75 Å². The average Bonchev–Trinajstić information content (AvgIpc) is 2.09. The van der Waals surface area contributed by atoms with E-state index >= 15 is 0 Å². The molecule has 4 nitrogen and oxygen atoms in total. The quantitative estimate of drug-likeness (QED) is 0.556. The van der Waals surface area contributed by atoms with Crippen LogP contribution in [0.1, 0.15) is 12.5 Å². The van der Waals surface area contributed by atoms with Crippen LogP contribution >= 0.6 is 11.6 Å². The van der Waals surface area contributed by atoms with Crippen LogP contribution in [0.3, 0.4) is 0 Å². The van der Waals surface area contributed by atoms with E-state index in [4.69, 9.17) is 11.6 Å². The maximum absolute atomic E-state index is 11.3. The number of hydrogen-bond donors (Lipinski definition) is 0. The Bertz CT molecular complexity index is 417. The summed E-state index contributed by atoms with van der Waals surface area (Å²) in [5.41, 5.74) is 0.664. The number of nitrogens with zero attached hydrogens (tertiary/aromatic N) is 2. The lowest BCUT2D eigenvalue weighted by Crippen LogP contribution is -2.09. The Balaban J connectivity index is 3.27. The summed E-state index contributed by atoms with van der Waals surface area (Å²) in [5, 5.41) is -0.0207. The maximum atomic E-state index is 11.3. The number of halogens is 1. The Morgan fingerprint density at radius 1 is 1.54 bits per heavy atom. The highest BCUT2D eigenvalue weighted by molar-refractivity contribution is 7.91. The van der Waals surface area contributed by atoms with Gasteiger partial charge >= 0.3 is 0 Å². The summed E-state index contributed by atoms with van der Waals surface area (Å²) in [6.07, 6.45) is 1.40. The highest BCUT2D eigenvalue weighted by Gasteiger charge is 2.15. The van der Waals surface area contributed by atoms with Crippen LogP contribution < -0.4 is 0 Å². The van der Waals surface area contributed by atoms with E-state index in [0.717, 1.165) is 0 Å². The van der Waals surface area contributed by atoms with Crippen molar-refractivity contribution >= 4 is 21.4 Å². The lowest BCUT2D eigenvalue weighted by molar-refractivity contribution is 0.588. The number of hydrogen-bond acceptors (Lipinski definition) is 4. The molecular weight excluding hydrogens is 212 g/mol. The van der Waals surface area contributed by atoms with Gasteiger partial charge in [-0.15, -0.1) is 0 Å². The van der Waals surface area contributed by atoms with E-state index in [0.29, 0.717) is 5.56 Å². The highest BCUT2D eigenvalue weighted by Crippen LogP contribution is 2.13. The molecule has 0 amide bonds. The summed E-state index contributed by atoms with van der Waals surface area (Å²) in [6, 6.07) is 0. The van der Waals surface area contributed by atoms with Gasteiger partial charge in [-0.25, -0.2) is 18.4 Å². The van der Waals surface area contributed by atoms with Gasteiger partial charge < -0.3 is 0 Å². The summed E-state index contributed by atoms with van der Waals surface area (Å²) in [5.74, 6) is -0.0214. The van der Waals surface area contributed by atoms with Crippen molar-refractivity contribution in [3.05, 3.63) is 16.9 Å². The minimum Gasteiger partial charge on any atom is -0.226 e. The second-order valence-electron chi connectivity index (χ2n) is 2.53. The van der Waals surface area contributed by atoms with Gasteiger partial charge in [-0.2, -0.15) is 0 Å². The Morgan fingerprint density at radius 3 is 2.62 bits per heavy atom. The monoisotopic (exact) mass is 220 g/mol. The largest absolute Gasteiger partial charge is 0.248 e. The zero-order valence-corrected chi connectivity index (χ0v) is 8.85. The first-order valence-corrected chi connectivity index (χ1v) is 5.72. The molecule has 0 aromatic carbocycles. The van der Waals surface area contributed by atoms with Gasteiger partial charge in [0.25, 0.3) is 0 Å². The molecule has 0 spiro atoms. The van der Waals surface area contributed by atoms with E-state index in [1.54, 1.807) is 6.92 Å². The fraction of sp³-hybridized carbons (Fsp3) is 0.429. The Labute approximate surface area is 81.9 Å². The molecule has 0 saturated carbocycles. The van der Waals surface area contributed by atoms with Crippen molar-refractivity contribution in [1.29, 1.82) is 0 Å². The van der Waals surface area contributed by atoms with Gasteiger partial charge in [-0.3, -0.25) is 0 Å².